The Hall–Kier alpha value is -3.01. The maximum atomic E-state index is 11.8. The highest BCUT2D eigenvalue weighted by Crippen LogP contribution is 2.42. The van der Waals surface area contributed by atoms with Crippen molar-refractivity contribution in [3.8, 4) is 11.1 Å². The number of furan rings is 1. The summed E-state index contributed by atoms with van der Waals surface area (Å²) in [7, 11) is 0. The lowest BCUT2D eigenvalue weighted by molar-refractivity contribution is 0.0697. The van der Waals surface area contributed by atoms with E-state index in [9.17, 15) is 9.90 Å². The minimum absolute atomic E-state index is 0.113. The van der Waals surface area contributed by atoms with Crippen molar-refractivity contribution in [1.82, 2.24) is 0 Å². The summed E-state index contributed by atoms with van der Waals surface area (Å²) < 4.78 is 6.18. The van der Waals surface area contributed by atoms with Crippen LogP contribution in [0.1, 0.15) is 10.4 Å². The highest BCUT2D eigenvalue weighted by atomic mass is 35.5. The number of benzene rings is 4. The second-order valence-corrected chi connectivity index (χ2v) is 7.44. The van der Waals surface area contributed by atoms with Gasteiger partial charge in [-0.05, 0) is 47.2 Å². The molecule has 0 radical (unpaired) electrons. The molecular formula is C23H12Cl2O3. The first-order chi connectivity index (χ1) is 13.5. The van der Waals surface area contributed by atoms with Gasteiger partial charge in [0, 0.05) is 26.9 Å². The Labute approximate surface area is 169 Å². The van der Waals surface area contributed by atoms with Gasteiger partial charge in [0.05, 0.1) is 10.6 Å². The van der Waals surface area contributed by atoms with E-state index in [1.165, 1.54) is 6.07 Å². The Balaban J connectivity index is 1.91. The molecule has 0 saturated heterocycles. The third-order valence-corrected chi connectivity index (χ3v) is 5.49. The number of hydrogen-bond acceptors (Lipinski definition) is 2. The maximum Gasteiger partial charge on any atom is 0.336 e. The Morgan fingerprint density at radius 2 is 1.57 bits per heavy atom. The van der Waals surface area contributed by atoms with Crippen molar-refractivity contribution in [2.45, 2.75) is 0 Å². The zero-order chi connectivity index (χ0) is 19.4. The van der Waals surface area contributed by atoms with E-state index in [2.05, 4.69) is 0 Å². The number of aromatic carboxylic acids is 1. The number of rotatable bonds is 2. The molecule has 0 aliphatic carbocycles. The average molecular weight is 407 g/mol. The predicted molar refractivity (Wildman–Crippen MR) is 114 cm³/mol. The van der Waals surface area contributed by atoms with Gasteiger partial charge in [-0.1, -0.05) is 53.5 Å². The number of carbonyl (C=O) groups is 1. The van der Waals surface area contributed by atoms with Gasteiger partial charge in [0.15, 0.2) is 0 Å². The van der Waals surface area contributed by atoms with E-state index in [-0.39, 0.29) is 5.56 Å². The van der Waals surface area contributed by atoms with Crippen LogP contribution < -0.4 is 0 Å². The predicted octanol–water partition coefficient (Wildman–Crippen LogP) is 7.41. The molecule has 5 aromatic rings. The topological polar surface area (TPSA) is 50.4 Å². The molecule has 0 saturated carbocycles. The molecule has 3 nitrogen and oxygen atoms in total. The molecule has 136 valence electrons. The van der Waals surface area contributed by atoms with Crippen molar-refractivity contribution in [1.29, 1.82) is 0 Å². The van der Waals surface area contributed by atoms with Crippen molar-refractivity contribution < 1.29 is 14.3 Å². The fraction of sp³-hybridized carbons (Fsp3) is 0. The summed E-state index contributed by atoms with van der Waals surface area (Å²) in [5, 5.41) is 14.4. The second kappa shape index (κ2) is 6.26. The maximum absolute atomic E-state index is 11.8. The minimum Gasteiger partial charge on any atom is -0.478 e. The van der Waals surface area contributed by atoms with Crippen molar-refractivity contribution in [3.05, 3.63) is 82.3 Å². The van der Waals surface area contributed by atoms with E-state index in [1.54, 1.807) is 24.3 Å². The van der Waals surface area contributed by atoms with E-state index in [0.29, 0.717) is 32.3 Å². The fourth-order valence-corrected chi connectivity index (χ4v) is 4.09. The highest BCUT2D eigenvalue weighted by Gasteiger charge is 2.20. The van der Waals surface area contributed by atoms with Gasteiger partial charge in [-0.3, -0.25) is 0 Å². The summed E-state index contributed by atoms with van der Waals surface area (Å²) in [5.74, 6) is -1.05. The van der Waals surface area contributed by atoms with E-state index in [0.717, 1.165) is 21.5 Å². The van der Waals surface area contributed by atoms with Gasteiger partial charge in [0.1, 0.15) is 11.2 Å². The summed E-state index contributed by atoms with van der Waals surface area (Å²) in [6.07, 6.45) is 0. The summed E-state index contributed by atoms with van der Waals surface area (Å²) in [4.78, 5) is 11.8. The Bertz CT molecular complexity index is 1420. The Morgan fingerprint density at radius 1 is 0.857 bits per heavy atom. The molecule has 5 rings (SSSR count). The second-order valence-electron chi connectivity index (χ2n) is 6.59. The third-order valence-electron chi connectivity index (χ3n) is 4.94. The molecular weight excluding hydrogens is 395 g/mol. The molecule has 0 amide bonds. The van der Waals surface area contributed by atoms with Gasteiger partial charge >= 0.3 is 5.97 Å². The van der Waals surface area contributed by atoms with Crippen molar-refractivity contribution in [2.75, 3.05) is 0 Å². The first kappa shape index (κ1) is 17.1. The molecule has 0 spiro atoms. The minimum atomic E-state index is -1.05. The molecule has 1 aromatic heterocycles. The first-order valence-corrected chi connectivity index (χ1v) is 9.35. The standard InChI is InChI=1S/C23H12Cl2O3/c24-14-5-6-15(17(11-14)23(26)27)16-7-8-19(25)21-18-9-12-3-1-2-4-13(12)10-20(18)28-22(16)21/h1-11H,(H,26,27). The lowest BCUT2D eigenvalue weighted by Crippen LogP contribution is -1.99. The zero-order valence-electron chi connectivity index (χ0n) is 14.4. The van der Waals surface area contributed by atoms with Crippen LogP contribution in [0.25, 0.3) is 43.8 Å². The molecule has 0 fully saturated rings. The summed E-state index contributed by atoms with van der Waals surface area (Å²) in [6, 6.07) is 20.4. The number of hydrogen-bond donors (Lipinski definition) is 1. The molecule has 1 heterocycles. The summed E-state index contributed by atoms with van der Waals surface area (Å²) in [5.41, 5.74) is 2.56. The normalized spacial score (nSPS) is 11.5. The molecule has 0 bridgehead atoms. The van der Waals surface area contributed by atoms with Gasteiger partial charge in [-0.25, -0.2) is 4.79 Å². The Kier molecular flexibility index (Phi) is 3.83. The largest absolute Gasteiger partial charge is 0.478 e. The van der Waals surface area contributed by atoms with Crippen LogP contribution in [0.2, 0.25) is 10.0 Å². The molecule has 0 aliphatic rings. The highest BCUT2D eigenvalue weighted by molar-refractivity contribution is 6.38. The van der Waals surface area contributed by atoms with Gasteiger partial charge < -0.3 is 9.52 Å². The molecule has 0 unspecified atom stereocenters. The average Bonchev–Trinajstić information content (AvgIpc) is 3.05. The summed E-state index contributed by atoms with van der Waals surface area (Å²) in [6.45, 7) is 0. The van der Waals surface area contributed by atoms with Crippen LogP contribution in [-0.4, -0.2) is 11.1 Å². The molecule has 0 atom stereocenters. The molecule has 1 N–H and O–H groups in total. The van der Waals surface area contributed by atoms with Crippen molar-refractivity contribution in [2.24, 2.45) is 0 Å². The van der Waals surface area contributed by atoms with Crippen LogP contribution in [0.3, 0.4) is 0 Å². The van der Waals surface area contributed by atoms with Gasteiger partial charge in [-0.15, -0.1) is 0 Å². The van der Waals surface area contributed by atoms with Crippen LogP contribution in [0, 0.1) is 0 Å². The SMILES string of the molecule is O=C(O)c1cc(Cl)ccc1-c1ccc(Cl)c2c1oc1cc3ccccc3cc12. The van der Waals surface area contributed by atoms with Gasteiger partial charge in [-0.2, -0.15) is 0 Å². The first-order valence-electron chi connectivity index (χ1n) is 8.59. The zero-order valence-corrected chi connectivity index (χ0v) is 15.9. The number of fused-ring (bicyclic) bond motifs is 4. The van der Waals surface area contributed by atoms with Crippen LogP contribution in [-0.2, 0) is 0 Å². The van der Waals surface area contributed by atoms with E-state index in [4.69, 9.17) is 27.6 Å². The number of carboxylic acid groups (broad SMARTS) is 1. The van der Waals surface area contributed by atoms with Gasteiger partial charge in [0.2, 0.25) is 0 Å². The van der Waals surface area contributed by atoms with Crippen molar-refractivity contribution >= 4 is 61.9 Å². The smallest absolute Gasteiger partial charge is 0.336 e. The van der Waals surface area contributed by atoms with Crippen molar-refractivity contribution in [3.63, 3.8) is 0 Å². The number of halogens is 2. The van der Waals surface area contributed by atoms with Crippen LogP contribution in [0.5, 0.6) is 0 Å². The lowest BCUT2D eigenvalue weighted by atomic mass is 9.97. The fourth-order valence-electron chi connectivity index (χ4n) is 3.67. The van der Waals surface area contributed by atoms with E-state index < -0.39 is 5.97 Å². The summed E-state index contributed by atoms with van der Waals surface area (Å²) >= 11 is 12.5. The Morgan fingerprint density at radius 3 is 2.32 bits per heavy atom. The molecule has 5 heteroatoms. The molecule has 4 aromatic carbocycles. The molecule has 28 heavy (non-hydrogen) atoms. The molecule has 0 aliphatic heterocycles. The lowest BCUT2D eigenvalue weighted by Gasteiger charge is -2.08. The monoisotopic (exact) mass is 406 g/mol. The van der Waals surface area contributed by atoms with Crippen LogP contribution in [0.15, 0.2) is 71.1 Å². The van der Waals surface area contributed by atoms with E-state index >= 15 is 0 Å². The third kappa shape index (κ3) is 2.55. The number of carboxylic acids is 1. The quantitative estimate of drug-likeness (QED) is 0.331. The van der Waals surface area contributed by atoms with Gasteiger partial charge in [0.25, 0.3) is 0 Å². The van der Waals surface area contributed by atoms with Crippen LogP contribution >= 0.6 is 23.2 Å². The van der Waals surface area contributed by atoms with Crippen LogP contribution in [0.4, 0.5) is 0 Å². The van der Waals surface area contributed by atoms with E-state index in [1.807, 2.05) is 36.4 Å².